The molecular weight excluding hydrogens is 254 g/mol. The number of aromatic amines is 1. The van der Waals surface area contributed by atoms with Gasteiger partial charge in [0, 0.05) is 24.8 Å². The van der Waals surface area contributed by atoms with E-state index in [1.807, 2.05) is 12.1 Å². The SMILES string of the molecule is COc1ccc(C2CCOCC2)cc1-c1cc(N)n[nH]1. The molecule has 0 unspecified atom stereocenters. The Balaban J connectivity index is 1.98. The first-order valence-corrected chi connectivity index (χ1v) is 6.85. The van der Waals surface area contributed by atoms with Crippen molar-refractivity contribution in [2.45, 2.75) is 18.8 Å². The minimum absolute atomic E-state index is 0.485. The molecular formula is C15H19N3O2. The Morgan fingerprint density at radius 1 is 1.30 bits per heavy atom. The van der Waals surface area contributed by atoms with Crippen LogP contribution < -0.4 is 10.5 Å². The molecule has 0 radical (unpaired) electrons. The third-order valence-corrected chi connectivity index (χ3v) is 3.80. The van der Waals surface area contributed by atoms with Crippen LogP contribution in [0.15, 0.2) is 24.3 Å². The van der Waals surface area contributed by atoms with Gasteiger partial charge in [-0.3, -0.25) is 5.10 Å². The number of nitrogens with zero attached hydrogens (tertiary/aromatic N) is 1. The number of nitrogens with two attached hydrogens (primary N) is 1. The number of hydrogen-bond acceptors (Lipinski definition) is 4. The number of methoxy groups -OCH3 is 1. The number of hydrogen-bond donors (Lipinski definition) is 2. The first-order valence-electron chi connectivity index (χ1n) is 6.85. The molecule has 0 spiro atoms. The largest absolute Gasteiger partial charge is 0.496 e. The third kappa shape index (κ3) is 2.49. The second-order valence-electron chi connectivity index (χ2n) is 5.05. The molecule has 1 fully saturated rings. The lowest BCUT2D eigenvalue weighted by molar-refractivity contribution is 0.0853. The average molecular weight is 273 g/mol. The lowest BCUT2D eigenvalue weighted by atomic mass is 9.90. The third-order valence-electron chi connectivity index (χ3n) is 3.80. The lowest BCUT2D eigenvalue weighted by Gasteiger charge is -2.23. The van der Waals surface area contributed by atoms with E-state index in [0.29, 0.717) is 11.7 Å². The Morgan fingerprint density at radius 3 is 2.75 bits per heavy atom. The van der Waals surface area contributed by atoms with Crippen LogP contribution in [0.5, 0.6) is 5.75 Å². The fourth-order valence-electron chi connectivity index (χ4n) is 2.70. The summed E-state index contributed by atoms with van der Waals surface area (Å²) in [5, 5.41) is 6.93. The summed E-state index contributed by atoms with van der Waals surface area (Å²) >= 11 is 0. The molecule has 3 N–H and O–H groups in total. The molecule has 0 bridgehead atoms. The number of benzene rings is 1. The number of ether oxygens (including phenoxy) is 2. The molecule has 20 heavy (non-hydrogen) atoms. The monoisotopic (exact) mass is 273 g/mol. The minimum Gasteiger partial charge on any atom is -0.496 e. The minimum atomic E-state index is 0.485. The van der Waals surface area contributed by atoms with Gasteiger partial charge in [-0.25, -0.2) is 0 Å². The topological polar surface area (TPSA) is 73.2 Å². The number of nitrogen functional groups attached to an aromatic ring is 1. The van der Waals surface area contributed by atoms with E-state index >= 15 is 0 Å². The summed E-state index contributed by atoms with van der Waals surface area (Å²) in [6, 6.07) is 8.14. The van der Waals surface area contributed by atoms with Crippen LogP contribution in [0.2, 0.25) is 0 Å². The summed E-state index contributed by atoms with van der Waals surface area (Å²) in [5.41, 5.74) is 8.89. The molecule has 0 aliphatic carbocycles. The zero-order valence-electron chi connectivity index (χ0n) is 11.6. The Labute approximate surface area is 118 Å². The van der Waals surface area contributed by atoms with Crippen LogP contribution in [-0.4, -0.2) is 30.5 Å². The van der Waals surface area contributed by atoms with Crippen LogP contribution in [0.25, 0.3) is 11.3 Å². The van der Waals surface area contributed by atoms with Crippen molar-refractivity contribution >= 4 is 5.82 Å². The summed E-state index contributed by atoms with van der Waals surface area (Å²) in [6.07, 6.45) is 2.13. The van der Waals surface area contributed by atoms with E-state index in [9.17, 15) is 0 Å². The first-order chi connectivity index (χ1) is 9.78. The second kappa shape index (κ2) is 5.54. The van der Waals surface area contributed by atoms with Crippen molar-refractivity contribution in [2.24, 2.45) is 0 Å². The van der Waals surface area contributed by atoms with Gasteiger partial charge in [-0.05, 0) is 36.5 Å². The van der Waals surface area contributed by atoms with Gasteiger partial charge in [0.15, 0.2) is 0 Å². The molecule has 1 aliphatic rings. The predicted molar refractivity (Wildman–Crippen MR) is 77.8 cm³/mol. The smallest absolute Gasteiger partial charge is 0.145 e. The Kier molecular flexibility index (Phi) is 3.60. The lowest BCUT2D eigenvalue weighted by Crippen LogP contribution is -2.14. The van der Waals surface area contributed by atoms with Crippen LogP contribution in [0, 0.1) is 0 Å². The Bertz CT molecular complexity index is 589. The summed E-state index contributed by atoms with van der Waals surface area (Å²) in [4.78, 5) is 0. The quantitative estimate of drug-likeness (QED) is 0.901. The van der Waals surface area contributed by atoms with Gasteiger partial charge in [-0.1, -0.05) is 6.07 Å². The van der Waals surface area contributed by atoms with Crippen molar-refractivity contribution in [3.8, 4) is 17.0 Å². The number of rotatable bonds is 3. The molecule has 2 aromatic rings. The zero-order chi connectivity index (χ0) is 13.9. The van der Waals surface area contributed by atoms with E-state index in [0.717, 1.165) is 43.1 Å². The molecule has 106 valence electrons. The molecule has 5 nitrogen and oxygen atoms in total. The van der Waals surface area contributed by atoms with Gasteiger partial charge in [-0.2, -0.15) is 5.10 Å². The summed E-state index contributed by atoms with van der Waals surface area (Å²) in [7, 11) is 1.67. The molecule has 5 heteroatoms. The van der Waals surface area contributed by atoms with Crippen molar-refractivity contribution in [1.82, 2.24) is 10.2 Å². The predicted octanol–water partition coefficient (Wildman–Crippen LogP) is 2.56. The number of anilines is 1. The van der Waals surface area contributed by atoms with Gasteiger partial charge in [0.25, 0.3) is 0 Å². The average Bonchev–Trinajstić information content (AvgIpc) is 2.94. The van der Waals surface area contributed by atoms with Crippen LogP contribution in [-0.2, 0) is 4.74 Å². The fourth-order valence-corrected chi connectivity index (χ4v) is 2.70. The zero-order valence-corrected chi connectivity index (χ0v) is 11.6. The first kappa shape index (κ1) is 13.0. The molecule has 1 aromatic carbocycles. The molecule has 1 aromatic heterocycles. The Morgan fingerprint density at radius 2 is 2.10 bits per heavy atom. The standard InChI is InChI=1S/C15H19N3O2/c1-19-14-3-2-11(10-4-6-20-7-5-10)8-12(14)13-9-15(16)18-17-13/h2-3,8-10H,4-7H2,1H3,(H3,16,17,18). The molecule has 0 atom stereocenters. The number of aromatic nitrogens is 2. The van der Waals surface area contributed by atoms with Gasteiger partial charge < -0.3 is 15.2 Å². The summed E-state index contributed by atoms with van der Waals surface area (Å²) in [5.74, 6) is 1.86. The molecule has 3 rings (SSSR count). The van der Waals surface area contributed by atoms with Crippen molar-refractivity contribution in [1.29, 1.82) is 0 Å². The second-order valence-corrected chi connectivity index (χ2v) is 5.05. The number of nitrogens with one attached hydrogen (secondary N) is 1. The van der Waals surface area contributed by atoms with Crippen LogP contribution in [0.1, 0.15) is 24.3 Å². The van der Waals surface area contributed by atoms with Gasteiger partial charge >= 0.3 is 0 Å². The molecule has 1 aliphatic heterocycles. The van der Waals surface area contributed by atoms with Gasteiger partial charge in [0.1, 0.15) is 11.6 Å². The van der Waals surface area contributed by atoms with Crippen molar-refractivity contribution in [2.75, 3.05) is 26.1 Å². The highest BCUT2D eigenvalue weighted by Gasteiger charge is 2.18. The maximum atomic E-state index is 5.69. The Hall–Kier alpha value is -2.01. The van der Waals surface area contributed by atoms with Crippen molar-refractivity contribution in [3.05, 3.63) is 29.8 Å². The van der Waals surface area contributed by atoms with E-state index in [-0.39, 0.29) is 0 Å². The van der Waals surface area contributed by atoms with Crippen LogP contribution >= 0.6 is 0 Å². The van der Waals surface area contributed by atoms with E-state index in [4.69, 9.17) is 15.2 Å². The van der Waals surface area contributed by atoms with Gasteiger partial charge in [0.05, 0.1) is 12.8 Å². The van der Waals surface area contributed by atoms with E-state index in [2.05, 4.69) is 22.3 Å². The van der Waals surface area contributed by atoms with E-state index < -0.39 is 0 Å². The highest BCUT2D eigenvalue weighted by molar-refractivity contribution is 5.70. The molecule has 2 heterocycles. The van der Waals surface area contributed by atoms with Crippen molar-refractivity contribution < 1.29 is 9.47 Å². The maximum Gasteiger partial charge on any atom is 0.145 e. The van der Waals surface area contributed by atoms with Crippen molar-refractivity contribution in [3.63, 3.8) is 0 Å². The normalized spacial score (nSPS) is 16.2. The number of H-pyrrole nitrogens is 1. The fraction of sp³-hybridized carbons (Fsp3) is 0.400. The van der Waals surface area contributed by atoms with Crippen LogP contribution in [0.4, 0.5) is 5.82 Å². The van der Waals surface area contributed by atoms with E-state index in [1.54, 1.807) is 7.11 Å². The summed E-state index contributed by atoms with van der Waals surface area (Å²) < 4.78 is 10.9. The molecule has 1 saturated heterocycles. The van der Waals surface area contributed by atoms with Gasteiger partial charge in [0.2, 0.25) is 0 Å². The molecule has 0 amide bonds. The highest BCUT2D eigenvalue weighted by Crippen LogP contribution is 2.35. The summed E-state index contributed by atoms with van der Waals surface area (Å²) in [6.45, 7) is 1.67. The highest BCUT2D eigenvalue weighted by atomic mass is 16.5. The van der Waals surface area contributed by atoms with Gasteiger partial charge in [-0.15, -0.1) is 0 Å². The van der Waals surface area contributed by atoms with E-state index in [1.165, 1.54) is 5.56 Å². The molecule has 0 saturated carbocycles. The van der Waals surface area contributed by atoms with Crippen LogP contribution in [0.3, 0.4) is 0 Å². The maximum absolute atomic E-state index is 5.69.